The number of hydrogen-bond acceptors (Lipinski definition) is 2. The molecule has 96 valence electrons. The Kier molecular flexibility index (Phi) is 4.56. The second-order valence-electron chi connectivity index (χ2n) is 4.71. The van der Waals surface area contributed by atoms with Gasteiger partial charge in [-0.05, 0) is 43.0 Å². The maximum atomic E-state index is 3.52. The van der Waals surface area contributed by atoms with E-state index in [2.05, 4.69) is 56.4 Å². The van der Waals surface area contributed by atoms with Gasteiger partial charge in [0.2, 0.25) is 0 Å². The van der Waals surface area contributed by atoms with Crippen LogP contribution >= 0.6 is 11.3 Å². The van der Waals surface area contributed by atoms with E-state index in [-0.39, 0.29) is 0 Å². The van der Waals surface area contributed by atoms with Crippen molar-refractivity contribution in [3.63, 3.8) is 0 Å². The fourth-order valence-corrected chi connectivity index (χ4v) is 3.04. The van der Waals surface area contributed by atoms with Crippen LogP contribution in [0.25, 0.3) is 0 Å². The first-order valence-corrected chi connectivity index (χ1v) is 7.35. The highest BCUT2D eigenvalue weighted by Crippen LogP contribution is 2.20. The van der Waals surface area contributed by atoms with E-state index in [1.807, 2.05) is 11.3 Å². The van der Waals surface area contributed by atoms with E-state index in [0.29, 0.717) is 0 Å². The Balaban J connectivity index is 1.86. The standard InChI is InChI=1S/C16H21NS/c1-4-14-5-7-15(8-6-14)10-17-11-16-9-12(2)18-13(16)3/h5-9,17H,4,10-11H2,1-3H3. The Labute approximate surface area is 114 Å². The molecule has 0 fully saturated rings. The third-order valence-corrected chi connectivity index (χ3v) is 4.23. The van der Waals surface area contributed by atoms with Crippen molar-refractivity contribution in [2.45, 2.75) is 40.3 Å². The van der Waals surface area contributed by atoms with Gasteiger partial charge in [0.1, 0.15) is 0 Å². The third-order valence-electron chi connectivity index (χ3n) is 3.22. The van der Waals surface area contributed by atoms with Crippen LogP contribution in [0, 0.1) is 13.8 Å². The van der Waals surface area contributed by atoms with Crippen molar-refractivity contribution in [3.8, 4) is 0 Å². The van der Waals surface area contributed by atoms with Crippen molar-refractivity contribution in [3.05, 3.63) is 56.8 Å². The second kappa shape index (κ2) is 6.17. The van der Waals surface area contributed by atoms with Crippen molar-refractivity contribution in [2.24, 2.45) is 0 Å². The van der Waals surface area contributed by atoms with Gasteiger partial charge in [0.05, 0.1) is 0 Å². The SMILES string of the molecule is CCc1ccc(CNCc2cc(C)sc2C)cc1. The molecule has 18 heavy (non-hydrogen) atoms. The molecule has 2 aromatic rings. The molecule has 0 unspecified atom stereocenters. The first kappa shape index (κ1) is 13.3. The Morgan fingerprint density at radius 3 is 2.22 bits per heavy atom. The van der Waals surface area contributed by atoms with Crippen molar-refractivity contribution >= 4 is 11.3 Å². The van der Waals surface area contributed by atoms with E-state index < -0.39 is 0 Å². The minimum Gasteiger partial charge on any atom is -0.309 e. The van der Waals surface area contributed by atoms with Gasteiger partial charge in [0.15, 0.2) is 0 Å². The van der Waals surface area contributed by atoms with E-state index in [4.69, 9.17) is 0 Å². The minimum absolute atomic E-state index is 0.943. The van der Waals surface area contributed by atoms with E-state index >= 15 is 0 Å². The van der Waals surface area contributed by atoms with Crippen LogP contribution in [-0.4, -0.2) is 0 Å². The van der Waals surface area contributed by atoms with Gasteiger partial charge < -0.3 is 5.32 Å². The average molecular weight is 259 g/mol. The van der Waals surface area contributed by atoms with Gasteiger partial charge in [-0.25, -0.2) is 0 Å². The molecule has 0 amide bonds. The van der Waals surface area contributed by atoms with E-state index in [1.54, 1.807) is 0 Å². The highest BCUT2D eigenvalue weighted by atomic mass is 32.1. The molecule has 0 radical (unpaired) electrons. The lowest BCUT2D eigenvalue weighted by Crippen LogP contribution is -2.12. The molecule has 0 aliphatic heterocycles. The molecule has 1 nitrogen and oxygen atoms in total. The zero-order chi connectivity index (χ0) is 13.0. The van der Waals surface area contributed by atoms with E-state index in [1.165, 1.54) is 26.4 Å². The minimum atomic E-state index is 0.943. The number of rotatable bonds is 5. The van der Waals surface area contributed by atoms with Crippen molar-refractivity contribution < 1.29 is 0 Å². The molecule has 2 rings (SSSR count). The predicted octanol–water partition coefficient (Wildman–Crippen LogP) is 4.22. The molecule has 1 heterocycles. The molecular formula is C16H21NS. The topological polar surface area (TPSA) is 12.0 Å². The Morgan fingerprint density at radius 2 is 1.67 bits per heavy atom. The molecular weight excluding hydrogens is 238 g/mol. The average Bonchev–Trinajstić information content (AvgIpc) is 2.69. The van der Waals surface area contributed by atoms with Gasteiger partial charge in [-0.2, -0.15) is 0 Å². The molecule has 1 aromatic heterocycles. The fourth-order valence-electron chi connectivity index (χ4n) is 2.09. The maximum Gasteiger partial charge on any atom is 0.0219 e. The number of thiophene rings is 1. The molecule has 0 saturated carbocycles. The summed E-state index contributed by atoms with van der Waals surface area (Å²) in [4.78, 5) is 2.83. The highest BCUT2D eigenvalue weighted by molar-refractivity contribution is 7.12. The summed E-state index contributed by atoms with van der Waals surface area (Å²) in [6, 6.07) is 11.2. The third kappa shape index (κ3) is 3.44. The molecule has 0 bridgehead atoms. The van der Waals surface area contributed by atoms with Crippen LogP contribution in [0.4, 0.5) is 0 Å². The molecule has 0 saturated heterocycles. The Morgan fingerprint density at radius 1 is 1.00 bits per heavy atom. The van der Waals surface area contributed by atoms with Crippen LogP contribution in [-0.2, 0) is 19.5 Å². The van der Waals surface area contributed by atoms with Gasteiger partial charge >= 0.3 is 0 Å². The fraction of sp³-hybridized carbons (Fsp3) is 0.375. The van der Waals surface area contributed by atoms with Gasteiger partial charge in [-0.1, -0.05) is 31.2 Å². The number of aryl methyl sites for hydroxylation is 3. The van der Waals surface area contributed by atoms with Crippen molar-refractivity contribution in [1.82, 2.24) is 5.32 Å². The summed E-state index contributed by atoms with van der Waals surface area (Å²) in [7, 11) is 0. The summed E-state index contributed by atoms with van der Waals surface area (Å²) in [6.07, 6.45) is 1.11. The quantitative estimate of drug-likeness (QED) is 0.848. The van der Waals surface area contributed by atoms with Crippen LogP contribution in [0.2, 0.25) is 0 Å². The van der Waals surface area contributed by atoms with Crippen LogP contribution < -0.4 is 5.32 Å². The monoisotopic (exact) mass is 259 g/mol. The van der Waals surface area contributed by atoms with E-state index in [0.717, 1.165) is 19.5 Å². The first-order chi connectivity index (χ1) is 8.69. The summed E-state index contributed by atoms with van der Waals surface area (Å²) in [5.41, 5.74) is 4.20. The summed E-state index contributed by atoms with van der Waals surface area (Å²) in [6.45, 7) is 8.47. The second-order valence-corrected chi connectivity index (χ2v) is 6.17. The summed E-state index contributed by atoms with van der Waals surface area (Å²) >= 11 is 1.88. The number of nitrogens with one attached hydrogen (secondary N) is 1. The normalized spacial score (nSPS) is 10.8. The summed E-state index contributed by atoms with van der Waals surface area (Å²) in [5.74, 6) is 0. The van der Waals surface area contributed by atoms with Crippen molar-refractivity contribution in [2.75, 3.05) is 0 Å². The van der Waals surface area contributed by atoms with Gasteiger partial charge in [0.25, 0.3) is 0 Å². The molecule has 1 N–H and O–H groups in total. The Hall–Kier alpha value is -1.12. The van der Waals surface area contributed by atoms with Crippen molar-refractivity contribution in [1.29, 1.82) is 0 Å². The molecule has 2 heteroatoms. The summed E-state index contributed by atoms with van der Waals surface area (Å²) < 4.78 is 0. The maximum absolute atomic E-state index is 3.52. The van der Waals surface area contributed by atoms with Crippen LogP contribution in [0.5, 0.6) is 0 Å². The molecule has 0 aliphatic rings. The zero-order valence-electron chi connectivity index (χ0n) is 11.4. The van der Waals surface area contributed by atoms with Crippen LogP contribution in [0.15, 0.2) is 30.3 Å². The van der Waals surface area contributed by atoms with Gasteiger partial charge in [-0.15, -0.1) is 11.3 Å². The van der Waals surface area contributed by atoms with E-state index in [9.17, 15) is 0 Å². The van der Waals surface area contributed by atoms with Gasteiger partial charge in [0, 0.05) is 22.8 Å². The molecule has 1 aromatic carbocycles. The van der Waals surface area contributed by atoms with Crippen LogP contribution in [0.1, 0.15) is 33.4 Å². The number of benzene rings is 1. The number of hydrogen-bond donors (Lipinski definition) is 1. The first-order valence-electron chi connectivity index (χ1n) is 6.53. The smallest absolute Gasteiger partial charge is 0.0219 e. The lowest BCUT2D eigenvalue weighted by Gasteiger charge is -2.05. The molecule has 0 atom stereocenters. The summed E-state index contributed by atoms with van der Waals surface area (Å²) in [5, 5.41) is 3.52. The molecule has 0 spiro atoms. The van der Waals surface area contributed by atoms with Crippen LogP contribution in [0.3, 0.4) is 0 Å². The predicted molar refractivity (Wildman–Crippen MR) is 80.2 cm³/mol. The lowest BCUT2D eigenvalue weighted by atomic mass is 10.1. The lowest BCUT2D eigenvalue weighted by molar-refractivity contribution is 0.692. The highest BCUT2D eigenvalue weighted by Gasteiger charge is 2.02. The largest absolute Gasteiger partial charge is 0.309 e. The van der Waals surface area contributed by atoms with Gasteiger partial charge in [-0.3, -0.25) is 0 Å². The Bertz CT molecular complexity index is 496. The molecule has 0 aliphatic carbocycles. The zero-order valence-corrected chi connectivity index (χ0v) is 12.2.